The predicted octanol–water partition coefficient (Wildman–Crippen LogP) is 2.18. The summed E-state index contributed by atoms with van der Waals surface area (Å²) in [6.07, 6.45) is 3.42. The summed E-state index contributed by atoms with van der Waals surface area (Å²) in [5.41, 5.74) is 8.93. The first-order valence-corrected chi connectivity index (χ1v) is 5.80. The zero-order valence-electron chi connectivity index (χ0n) is 10.1. The van der Waals surface area contributed by atoms with Gasteiger partial charge >= 0.3 is 0 Å². The molecule has 0 spiro atoms. The minimum absolute atomic E-state index is 0.164. The van der Waals surface area contributed by atoms with E-state index in [1.165, 1.54) is 0 Å². The van der Waals surface area contributed by atoms with Crippen molar-refractivity contribution >= 4 is 5.95 Å². The molecule has 0 atom stereocenters. The number of aromatic nitrogens is 4. The van der Waals surface area contributed by atoms with Crippen LogP contribution in [0.4, 0.5) is 5.95 Å². The molecule has 0 unspecified atom stereocenters. The molecule has 0 aliphatic heterocycles. The quantitative estimate of drug-likeness (QED) is 0.753. The number of benzene rings is 1. The minimum atomic E-state index is 0.164. The third-order valence-electron chi connectivity index (χ3n) is 2.70. The van der Waals surface area contributed by atoms with E-state index in [4.69, 9.17) is 5.73 Å². The summed E-state index contributed by atoms with van der Waals surface area (Å²) in [5, 5.41) is 8.00. The van der Waals surface area contributed by atoms with Gasteiger partial charge in [0.15, 0.2) is 0 Å². The van der Waals surface area contributed by atoms with Crippen LogP contribution in [0.3, 0.4) is 0 Å². The standard InChI is InChI=1S/C14H11N5/c15-14-17-12(10-4-2-1-3-5-10)13(18-19-14)11-6-8-16-9-7-11/h1-9H,(H2,15,17,19). The summed E-state index contributed by atoms with van der Waals surface area (Å²) < 4.78 is 0. The Kier molecular flexibility index (Phi) is 2.86. The highest BCUT2D eigenvalue weighted by Crippen LogP contribution is 2.27. The molecular weight excluding hydrogens is 238 g/mol. The van der Waals surface area contributed by atoms with Crippen LogP contribution < -0.4 is 5.73 Å². The van der Waals surface area contributed by atoms with Crippen LogP contribution in [-0.2, 0) is 0 Å². The second-order valence-corrected chi connectivity index (χ2v) is 3.97. The molecule has 5 nitrogen and oxygen atoms in total. The Labute approximate surface area is 110 Å². The molecule has 3 aromatic rings. The van der Waals surface area contributed by atoms with Crippen LogP contribution in [0, 0.1) is 0 Å². The highest BCUT2D eigenvalue weighted by atomic mass is 15.2. The average Bonchev–Trinajstić information content (AvgIpc) is 2.49. The van der Waals surface area contributed by atoms with Gasteiger partial charge in [-0.3, -0.25) is 4.98 Å². The van der Waals surface area contributed by atoms with Crippen LogP contribution in [0.25, 0.3) is 22.5 Å². The summed E-state index contributed by atoms with van der Waals surface area (Å²) in [6, 6.07) is 13.5. The maximum atomic E-state index is 5.65. The van der Waals surface area contributed by atoms with Crippen LogP contribution >= 0.6 is 0 Å². The number of hydrogen-bond acceptors (Lipinski definition) is 5. The van der Waals surface area contributed by atoms with Crippen molar-refractivity contribution in [2.45, 2.75) is 0 Å². The molecule has 2 aromatic heterocycles. The Bertz CT molecular complexity index is 683. The van der Waals surface area contributed by atoms with Gasteiger partial charge in [0.1, 0.15) is 11.4 Å². The van der Waals surface area contributed by atoms with Crippen LogP contribution in [0.2, 0.25) is 0 Å². The Balaban J connectivity index is 2.21. The molecule has 2 N–H and O–H groups in total. The molecular formula is C14H11N5. The zero-order chi connectivity index (χ0) is 13.1. The first-order chi connectivity index (χ1) is 9.34. The topological polar surface area (TPSA) is 77.6 Å². The van der Waals surface area contributed by atoms with Gasteiger partial charge in [0.25, 0.3) is 0 Å². The second-order valence-electron chi connectivity index (χ2n) is 3.97. The fourth-order valence-corrected chi connectivity index (χ4v) is 1.84. The zero-order valence-corrected chi connectivity index (χ0v) is 10.1. The first-order valence-electron chi connectivity index (χ1n) is 5.80. The van der Waals surface area contributed by atoms with Crippen molar-refractivity contribution < 1.29 is 0 Å². The molecule has 92 valence electrons. The van der Waals surface area contributed by atoms with Gasteiger partial charge in [-0.25, -0.2) is 4.98 Å². The summed E-state index contributed by atoms with van der Waals surface area (Å²) in [7, 11) is 0. The third kappa shape index (κ3) is 2.26. The van der Waals surface area contributed by atoms with E-state index in [0.717, 1.165) is 16.8 Å². The van der Waals surface area contributed by atoms with Crippen LogP contribution in [0.15, 0.2) is 54.9 Å². The average molecular weight is 249 g/mol. The van der Waals surface area contributed by atoms with Gasteiger partial charge in [0.05, 0.1) is 0 Å². The molecule has 2 heterocycles. The van der Waals surface area contributed by atoms with E-state index >= 15 is 0 Å². The van der Waals surface area contributed by atoms with Crippen molar-refractivity contribution in [3.05, 3.63) is 54.9 Å². The van der Waals surface area contributed by atoms with Gasteiger partial charge in [-0.05, 0) is 12.1 Å². The van der Waals surface area contributed by atoms with Crippen molar-refractivity contribution in [1.29, 1.82) is 0 Å². The summed E-state index contributed by atoms with van der Waals surface area (Å²) in [4.78, 5) is 8.30. The molecule has 3 rings (SSSR count). The number of pyridine rings is 1. The smallest absolute Gasteiger partial charge is 0.240 e. The number of anilines is 1. The Morgan fingerprint density at radius 2 is 1.42 bits per heavy atom. The lowest BCUT2D eigenvalue weighted by atomic mass is 10.1. The van der Waals surface area contributed by atoms with Crippen molar-refractivity contribution in [1.82, 2.24) is 20.2 Å². The van der Waals surface area contributed by atoms with E-state index < -0.39 is 0 Å². The molecule has 1 aromatic carbocycles. The third-order valence-corrected chi connectivity index (χ3v) is 2.70. The van der Waals surface area contributed by atoms with E-state index in [-0.39, 0.29) is 5.95 Å². The number of nitrogen functional groups attached to an aromatic ring is 1. The maximum Gasteiger partial charge on any atom is 0.240 e. The fraction of sp³-hybridized carbons (Fsp3) is 0. The lowest BCUT2D eigenvalue weighted by molar-refractivity contribution is 0.996. The number of nitrogens with two attached hydrogens (primary N) is 1. The number of rotatable bonds is 2. The number of nitrogens with zero attached hydrogens (tertiary/aromatic N) is 4. The minimum Gasteiger partial charge on any atom is -0.366 e. The fourth-order valence-electron chi connectivity index (χ4n) is 1.84. The maximum absolute atomic E-state index is 5.65. The first kappa shape index (κ1) is 11.3. The molecule has 0 amide bonds. The van der Waals surface area contributed by atoms with Gasteiger partial charge < -0.3 is 5.73 Å². The van der Waals surface area contributed by atoms with Gasteiger partial charge in [-0.1, -0.05) is 30.3 Å². The number of hydrogen-bond donors (Lipinski definition) is 1. The van der Waals surface area contributed by atoms with Gasteiger partial charge in [-0.2, -0.15) is 0 Å². The highest BCUT2D eigenvalue weighted by Gasteiger charge is 2.11. The van der Waals surface area contributed by atoms with Crippen molar-refractivity contribution in [3.8, 4) is 22.5 Å². The molecule has 0 bridgehead atoms. The van der Waals surface area contributed by atoms with Crippen molar-refractivity contribution in [3.63, 3.8) is 0 Å². The Morgan fingerprint density at radius 1 is 0.737 bits per heavy atom. The lowest BCUT2D eigenvalue weighted by Crippen LogP contribution is -2.02. The summed E-state index contributed by atoms with van der Waals surface area (Å²) >= 11 is 0. The lowest BCUT2D eigenvalue weighted by Gasteiger charge is -2.07. The molecule has 0 aliphatic rings. The molecule has 19 heavy (non-hydrogen) atoms. The van der Waals surface area contributed by atoms with Gasteiger partial charge in [0, 0.05) is 23.5 Å². The summed E-state index contributed by atoms with van der Waals surface area (Å²) in [5.74, 6) is 0.164. The van der Waals surface area contributed by atoms with E-state index in [1.807, 2.05) is 42.5 Å². The largest absolute Gasteiger partial charge is 0.366 e. The van der Waals surface area contributed by atoms with Gasteiger partial charge in [-0.15, -0.1) is 10.2 Å². The second kappa shape index (κ2) is 4.81. The molecule has 0 fully saturated rings. The van der Waals surface area contributed by atoms with E-state index in [2.05, 4.69) is 20.2 Å². The monoisotopic (exact) mass is 249 g/mol. The predicted molar refractivity (Wildman–Crippen MR) is 72.9 cm³/mol. The molecule has 0 saturated heterocycles. The van der Waals surface area contributed by atoms with E-state index in [1.54, 1.807) is 12.4 Å². The van der Waals surface area contributed by atoms with Crippen LogP contribution in [0.5, 0.6) is 0 Å². The highest BCUT2D eigenvalue weighted by molar-refractivity contribution is 5.77. The van der Waals surface area contributed by atoms with E-state index in [0.29, 0.717) is 5.69 Å². The molecule has 0 radical (unpaired) electrons. The SMILES string of the molecule is Nc1nnc(-c2ccncc2)c(-c2ccccc2)n1. The molecule has 5 heteroatoms. The van der Waals surface area contributed by atoms with Crippen LogP contribution in [0.1, 0.15) is 0 Å². The Hall–Kier alpha value is -2.82. The van der Waals surface area contributed by atoms with E-state index in [9.17, 15) is 0 Å². The van der Waals surface area contributed by atoms with Crippen molar-refractivity contribution in [2.75, 3.05) is 5.73 Å². The molecule has 0 saturated carbocycles. The van der Waals surface area contributed by atoms with Gasteiger partial charge in [0.2, 0.25) is 5.95 Å². The Morgan fingerprint density at radius 3 is 2.16 bits per heavy atom. The summed E-state index contributed by atoms with van der Waals surface area (Å²) in [6.45, 7) is 0. The normalized spacial score (nSPS) is 10.3. The van der Waals surface area contributed by atoms with Crippen LogP contribution in [-0.4, -0.2) is 20.2 Å². The van der Waals surface area contributed by atoms with Crippen molar-refractivity contribution in [2.24, 2.45) is 0 Å². The molecule has 0 aliphatic carbocycles.